The summed E-state index contributed by atoms with van der Waals surface area (Å²) in [7, 11) is 3.44. The van der Waals surface area contributed by atoms with Gasteiger partial charge in [0.05, 0.1) is 11.9 Å². The second kappa shape index (κ2) is 9.17. The molecule has 0 fully saturated rings. The van der Waals surface area contributed by atoms with E-state index in [1.165, 1.54) is 17.5 Å². The Morgan fingerprint density at radius 2 is 2.00 bits per heavy atom. The molecule has 164 valence electrons. The molecule has 1 atom stereocenters. The third-order valence-electron chi connectivity index (χ3n) is 4.89. The molecule has 0 radical (unpaired) electrons. The number of carbonyl (C=O) groups is 2. The minimum absolute atomic E-state index is 0.0251. The molecule has 3 aromatic rings. The number of benzene rings is 1. The van der Waals surface area contributed by atoms with Crippen LogP contribution in [0.25, 0.3) is 0 Å². The van der Waals surface area contributed by atoms with Crippen LogP contribution in [0.5, 0.6) is 5.75 Å². The number of aromatic nitrogens is 3. The number of nitrogens with one attached hydrogen (secondary N) is 2. The molecule has 0 spiro atoms. The van der Waals surface area contributed by atoms with Gasteiger partial charge in [0.2, 0.25) is 5.91 Å². The molecule has 0 aliphatic rings. The molecular weight excluding hydrogens is 416 g/mol. The Hall–Kier alpha value is -3.40. The summed E-state index contributed by atoms with van der Waals surface area (Å²) in [5.41, 5.74) is 2.05. The summed E-state index contributed by atoms with van der Waals surface area (Å²) in [6.07, 6.45) is 3.84. The van der Waals surface area contributed by atoms with E-state index in [-0.39, 0.29) is 23.6 Å². The lowest BCUT2D eigenvalue weighted by Crippen LogP contribution is -2.31. The molecule has 2 heterocycles. The number of hydrogen-bond acceptors (Lipinski definition) is 7. The zero-order chi connectivity index (χ0) is 22.7. The summed E-state index contributed by atoms with van der Waals surface area (Å²) in [5, 5.41) is 20.8. The van der Waals surface area contributed by atoms with Crippen molar-refractivity contribution in [2.75, 3.05) is 24.7 Å². The van der Waals surface area contributed by atoms with Gasteiger partial charge in [-0.1, -0.05) is 24.3 Å². The summed E-state index contributed by atoms with van der Waals surface area (Å²) >= 11 is 1.18. The minimum atomic E-state index is -0.378. The first-order chi connectivity index (χ1) is 14.7. The molecule has 9 nitrogen and oxygen atoms in total. The monoisotopic (exact) mass is 442 g/mol. The number of thiazole rings is 1. The average molecular weight is 443 g/mol. The third-order valence-corrected chi connectivity index (χ3v) is 5.80. The maximum atomic E-state index is 12.7. The Kier molecular flexibility index (Phi) is 6.59. The summed E-state index contributed by atoms with van der Waals surface area (Å²) in [5.74, 6) is 0.325. The van der Waals surface area contributed by atoms with Crippen molar-refractivity contribution in [3.8, 4) is 5.75 Å². The Balaban J connectivity index is 1.71. The Morgan fingerprint density at radius 1 is 1.26 bits per heavy atom. The van der Waals surface area contributed by atoms with Crippen LogP contribution in [0.4, 0.5) is 16.6 Å². The fourth-order valence-corrected chi connectivity index (χ4v) is 3.82. The van der Waals surface area contributed by atoms with Gasteiger partial charge < -0.3 is 20.6 Å². The topological polar surface area (TPSA) is 112 Å². The molecular formula is C21H26N6O3S. The van der Waals surface area contributed by atoms with Gasteiger partial charge in [0.1, 0.15) is 16.7 Å². The predicted molar refractivity (Wildman–Crippen MR) is 121 cm³/mol. The van der Waals surface area contributed by atoms with Crippen LogP contribution in [0, 0.1) is 13.8 Å². The number of anilines is 3. The zero-order valence-electron chi connectivity index (χ0n) is 18.1. The highest BCUT2D eigenvalue weighted by Gasteiger charge is 2.21. The molecule has 0 saturated carbocycles. The van der Waals surface area contributed by atoms with Gasteiger partial charge in [0, 0.05) is 31.9 Å². The lowest BCUT2D eigenvalue weighted by Gasteiger charge is -2.19. The molecule has 10 heteroatoms. The lowest BCUT2D eigenvalue weighted by atomic mass is 10.1. The van der Waals surface area contributed by atoms with E-state index in [1.54, 1.807) is 55.0 Å². The van der Waals surface area contributed by atoms with Crippen molar-refractivity contribution in [3.63, 3.8) is 0 Å². The van der Waals surface area contributed by atoms with Crippen LogP contribution in [0.3, 0.4) is 0 Å². The molecule has 0 aliphatic heterocycles. The number of carbonyl (C=O) groups excluding carboxylic acids is 2. The molecule has 3 rings (SSSR count). The smallest absolute Gasteiger partial charge is 0.267 e. The first kappa shape index (κ1) is 22.3. The van der Waals surface area contributed by atoms with Crippen LogP contribution in [0.2, 0.25) is 0 Å². The second-order valence-corrected chi connectivity index (χ2v) is 8.38. The molecule has 0 saturated heterocycles. The van der Waals surface area contributed by atoms with E-state index in [2.05, 4.69) is 20.7 Å². The fourth-order valence-electron chi connectivity index (χ4n) is 3.10. The van der Waals surface area contributed by atoms with Gasteiger partial charge >= 0.3 is 0 Å². The van der Waals surface area contributed by atoms with Gasteiger partial charge in [-0.15, -0.1) is 0 Å². The van der Waals surface area contributed by atoms with Crippen molar-refractivity contribution in [2.24, 2.45) is 0 Å². The number of hydrogen-bond donors (Lipinski definition) is 3. The number of likely N-dealkylation sites (N-methyl/N-ethyl adjacent to an activating group) is 1. The molecule has 2 amide bonds. The van der Waals surface area contributed by atoms with Crippen molar-refractivity contribution in [3.05, 3.63) is 46.6 Å². The van der Waals surface area contributed by atoms with E-state index >= 15 is 0 Å². The van der Waals surface area contributed by atoms with E-state index in [0.717, 1.165) is 5.56 Å². The SMILES string of the molecule is CCC(C(=O)N(C)C)n1ccc(Nc2ncc(C(=O)Nc3c(C)ccc(O)c3C)s2)n1. The Morgan fingerprint density at radius 3 is 2.68 bits per heavy atom. The maximum absolute atomic E-state index is 12.7. The summed E-state index contributed by atoms with van der Waals surface area (Å²) < 4.78 is 1.62. The Bertz CT molecular complexity index is 1100. The van der Waals surface area contributed by atoms with Crippen molar-refractivity contribution in [1.29, 1.82) is 0 Å². The number of amides is 2. The summed E-state index contributed by atoms with van der Waals surface area (Å²) in [4.78, 5) is 31.2. The predicted octanol–water partition coefficient (Wildman–Crippen LogP) is 3.70. The number of aromatic hydroxyl groups is 1. The number of nitrogens with zero attached hydrogens (tertiary/aromatic N) is 4. The van der Waals surface area contributed by atoms with E-state index < -0.39 is 0 Å². The molecule has 0 aliphatic carbocycles. The van der Waals surface area contributed by atoms with E-state index in [4.69, 9.17) is 0 Å². The number of rotatable bonds is 7. The zero-order valence-corrected chi connectivity index (χ0v) is 18.9. The van der Waals surface area contributed by atoms with Crippen molar-refractivity contribution in [2.45, 2.75) is 33.2 Å². The molecule has 2 aromatic heterocycles. The lowest BCUT2D eigenvalue weighted by molar-refractivity contribution is -0.132. The first-order valence-corrected chi connectivity index (χ1v) is 10.6. The van der Waals surface area contributed by atoms with E-state index in [1.807, 2.05) is 13.8 Å². The van der Waals surface area contributed by atoms with Crippen LogP contribution >= 0.6 is 11.3 Å². The standard InChI is InChI=1S/C21H26N6O3S/c1-6-14(20(30)26(4)5)27-10-9-17(25-27)23-21-22-11-16(31-21)19(29)24-18-12(2)7-8-15(28)13(18)3/h7-11,14,28H,6H2,1-5H3,(H,24,29)(H,22,23,25). The normalized spacial score (nSPS) is 11.8. The summed E-state index contributed by atoms with van der Waals surface area (Å²) in [6.45, 7) is 5.55. The van der Waals surface area contributed by atoms with Crippen molar-refractivity contribution >= 4 is 39.8 Å². The fraction of sp³-hybridized carbons (Fsp3) is 0.333. The van der Waals surface area contributed by atoms with Crippen LogP contribution < -0.4 is 10.6 Å². The quantitative estimate of drug-likeness (QED) is 0.514. The molecule has 3 N–H and O–H groups in total. The highest BCUT2D eigenvalue weighted by atomic mass is 32.1. The highest BCUT2D eigenvalue weighted by molar-refractivity contribution is 7.17. The largest absolute Gasteiger partial charge is 0.508 e. The van der Waals surface area contributed by atoms with Crippen LogP contribution in [-0.2, 0) is 4.79 Å². The number of phenols is 1. The average Bonchev–Trinajstić information content (AvgIpc) is 3.39. The van der Waals surface area contributed by atoms with Crippen LogP contribution in [0.15, 0.2) is 30.6 Å². The molecule has 0 bridgehead atoms. The number of phenolic OH excluding ortho intramolecular Hbond substituents is 1. The Labute approximate surface area is 184 Å². The molecule has 1 aromatic carbocycles. The van der Waals surface area contributed by atoms with E-state index in [0.29, 0.717) is 33.5 Å². The van der Waals surface area contributed by atoms with E-state index in [9.17, 15) is 14.7 Å². The van der Waals surface area contributed by atoms with Crippen LogP contribution in [-0.4, -0.2) is 50.7 Å². The highest BCUT2D eigenvalue weighted by Crippen LogP contribution is 2.29. The number of aryl methyl sites for hydroxylation is 1. The van der Waals surface area contributed by atoms with Gasteiger partial charge in [-0.2, -0.15) is 5.10 Å². The van der Waals surface area contributed by atoms with Crippen LogP contribution in [0.1, 0.15) is 40.2 Å². The molecule has 1 unspecified atom stereocenters. The van der Waals surface area contributed by atoms with Gasteiger partial charge in [-0.05, 0) is 31.9 Å². The van der Waals surface area contributed by atoms with Crippen molar-refractivity contribution in [1.82, 2.24) is 19.7 Å². The van der Waals surface area contributed by atoms with Gasteiger partial charge in [-0.25, -0.2) is 4.98 Å². The first-order valence-electron chi connectivity index (χ1n) is 9.81. The van der Waals surface area contributed by atoms with Gasteiger partial charge in [0.15, 0.2) is 10.9 Å². The summed E-state index contributed by atoms with van der Waals surface area (Å²) in [6, 6.07) is 4.73. The molecule has 31 heavy (non-hydrogen) atoms. The second-order valence-electron chi connectivity index (χ2n) is 7.35. The van der Waals surface area contributed by atoms with Gasteiger partial charge in [-0.3, -0.25) is 14.3 Å². The third kappa shape index (κ3) is 4.85. The maximum Gasteiger partial charge on any atom is 0.267 e. The minimum Gasteiger partial charge on any atom is -0.508 e. The van der Waals surface area contributed by atoms with Crippen molar-refractivity contribution < 1.29 is 14.7 Å². The van der Waals surface area contributed by atoms with Gasteiger partial charge in [0.25, 0.3) is 5.91 Å².